The zero-order chi connectivity index (χ0) is 12.0. The molecule has 0 unspecified atom stereocenters. The van der Waals surface area contributed by atoms with Crippen molar-refractivity contribution in [3.05, 3.63) is 40.9 Å². The van der Waals surface area contributed by atoms with E-state index in [0.29, 0.717) is 0 Å². The van der Waals surface area contributed by atoms with Crippen molar-refractivity contribution in [3.8, 4) is 0 Å². The van der Waals surface area contributed by atoms with Gasteiger partial charge in [0, 0.05) is 16.5 Å². The third kappa shape index (κ3) is 5.54. The molecule has 4 heteroatoms. The van der Waals surface area contributed by atoms with Gasteiger partial charge in [0.25, 0.3) is 0 Å². The van der Waals surface area contributed by atoms with Crippen molar-refractivity contribution in [1.29, 1.82) is 0 Å². The number of nitrogens with one attached hydrogen (secondary N) is 1. The van der Waals surface area contributed by atoms with Crippen molar-refractivity contribution >= 4 is 45.6 Å². The number of thiocarbonyl (C=S) groups is 1. The minimum atomic E-state index is 0.730. The minimum Gasteiger partial charge on any atom is -0.341 e. The Morgan fingerprint density at radius 3 is 2.56 bits per heavy atom. The molecule has 1 rings (SSSR count). The predicted octanol–water partition coefficient (Wildman–Crippen LogP) is 4.74. The lowest BCUT2D eigenvalue weighted by molar-refractivity contribution is 1.37. The summed E-state index contributed by atoms with van der Waals surface area (Å²) >= 11 is 12.6. The maximum absolute atomic E-state index is 5.79. The Morgan fingerprint density at radius 2 is 2.00 bits per heavy atom. The zero-order valence-electron chi connectivity index (χ0n) is 9.29. The van der Waals surface area contributed by atoms with Crippen LogP contribution in [0.25, 0.3) is 0 Å². The summed E-state index contributed by atoms with van der Waals surface area (Å²) in [5.41, 5.74) is 2.28. The molecule has 0 saturated heterocycles. The van der Waals surface area contributed by atoms with Crippen molar-refractivity contribution in [2.75, 3.05) is 11.1 Å². The highest BCUT2D eigenvalue weighted by atomic mass is 35.5. The van der Waals surface area contributed by atoms with E-state index < -0.39 is 0 Å². The molecule has 0 saturated carbocycles. The molecule has 1 aromatic rings. The molecule has 1 N–H and O–H groups in total. The lowest BCUT2D eigenvalue weighted by Gasteiger charge is -2.06. The predicted molar refractivity (Wildman–Crippen MR) is 79.6 cm³/mol. The number of allylic oxidation sites excluding steroid dienone is 1. The minimum absolute atomic E-state index is 0.730. The summed E-state index contributed by atoms with van der Waals surface area (Å²) in [5, 5.41) is 3.88. The van der Waals surface area contributed by atoms with Gasteiger partial charge in [0.2, 0.25) is 0 Å². The van der Waals surface area contributed by atoms with Gasteiger partial charge in [-0.15, -0.1) is 0 Å². The molecule has 0 aliphatic carbocycles. The van der Waals surface area contributed by atoms with E-state index in [1.54, 1.807) is 11.8 Å². The summed E-state index contributed by atoms with van der Waals surface area (Å²) in [6, 6.07) is 7.51. The molecule has 0 aromatic heterocycles. The molecule has 0 aliphatic heterocycles. The first-order chi connectivity index (χ1) is 7.58. The number of rotatable bonds is 3. The molecule has 0 amide bonds. The van der Waals surface area contributed by atoms with E-state index in [4.69, 9.17) is 23.8 Å². The van der Waals surface area contributed by atoms with Crippen molar-refractivity contribution in [1.82, 2.24) is 0 Å². The van der Waals surface area contributed by atoms with E-state index in [0.717, 1.165) is 20.8 Å². The van der Waals surface area contributed by atoms with Gasteiger partial charge >= 0.3 is 0 Å². The average molecular weight is 272 g/mol. The Hall–Kier alpha value is -0.510. The van der Waals surface area contributed by atoms with Crippen LogP contribution in [0.1, 0.15) is 13.8 Å². The van der Waals surface area contributed by atoms with Crippen LogP contribution in [0.3, 0.4) is 0 Å². The van der Waals surface area contributed by atoms with Crippen LogP contribution < -0.4 is 5.32 Å². The van der Waals surface area contributed by atoms with Crippen molar-refractivity contribution in [2.45, 2.75) is 13.8 Å². The Kier molecular flexibility index (Phi) is 5.88. The summed E-state index contributed by atoms with van der Waals surface area (Å²) in [6.45, 7) is 4.16. The third-order valence-corrected chi connectivity index (χ3v) is 3.20. The molecular formula is C12H14ClNS2. The number of anilines is 1. The molecule has 16 heavy (non-hydrogen) atoms. The van der Waals surface area contributed by atoms with Crippen molar-refractivity contribution in [2.24, 2.45) is 0 Å². The van der Waals surface area contributed by atoms with Crippen LogP contribution in [0.2, 0.25) is 5.02 Å². The van der Waals surface area contributed by atoms with Crippen LogP contribution in [-0.2, 0) is 0 Å². The standard InChI is InChI=1S/C12H14ClNS2/c1-9(2)7-8-16-12(15)14-11-5-3-10(13)4-6-11/h3-7H,8H2,1-2H3,(H,14,15). The second kappa shape index (κ2) is 6.94. The lowest BCUT2D eigenvalue weighted by atomic mass is 10.3. The highest BCUT2D eigenvalue weighted by molar-refractivity contribution is 8.23. The molecule has 0 heterocycles. The second-order valence-corrected chi connectivity index (χ2v) is 5.65. The van der Waals surface area contributed by atoms with Crippen LogP contribution in [0.4, 0.5) is 5.69 Å². The highest BCUT2D eigenvalue weighted by Gasteiger charge is 1.97. The zero-order valence-corrected chi connectivity index (χ0v) is 11.7. The Balaban J connectivity index is 2.40. The van der Waals surface area contributed by atoms with Gasteiger partial charge in [-0.25, -0.2) is 0 Å². The smallest absolute Gasteiger partial charge is 0.138 e. The highest BCUT2D eigenvalue weighted by Crippen LogP contribution is 2.16. The van der Waals surface area contributed by atoms with E-state index >= 15 is 0 Å². The van der Waals surface area contributed by atoms with E-state index in [2.05, 4.69) is 25.2 Å². The first-order valence-corrected chi connectivity index (χ1v) is 6.68. The fourth-order valence-corrected chi connectivity index (χ4v) is 2.18. The van der Waals surface area contributed by atoms with Gasteiger partial charge in [-0.05, 0) is 38.1 Å². The number of benzene rings is 1. The number of halogens is 1. The Morgan fingerprint density at radius 1 is 1.38 bits per heavy atom. The number of thioether (sulfide) groups is 1. The molecule has 1 nitrogen and oxygen atoms in total. The summed E-state index contributed by atoms with van der Waals surface area (Å²) in [5.74, 6) is 0.905. The fraction of sp³-hybridized carbons (Fsp3) is 0.250. The fourth-order valence-electron chi connectivity index (χ4n) is 0.971. The van der Waals surface area contributed by atoms with E-state index in [9.17, 15) is 0 Å². The first kappa shape index (κ1) is 13.6. The Labute approximate surface area is 111 Å². The van der Waals surface area contributed by atoms with Crippen LogP contribution in [-0.4, -0.2) is 10.1 Å². The van der Waals surface area contributed by atoms with Gasteiger partial charge in [0.05, 0.1) is 0 Å². The van der Waals surface area contributed by atoms with Crippen LogP contribution in [0.5, 0.6) is 0 Å². The van der Waals surface area contributed by atoms with Gasteiger partial charge in [-0.2, -0.15) is 0 Å². The van der Waals surface area contributed by atoms with Gasteiger partial charge in [0.15, 0.2) is 0 Å². The molecule has 0 spiro atoms. The lowest BCUT2D eigenvalue weighted by Crippen LogP contribution is -2.04. The normalized spacial score (nSPS) is 9.69. The van der Waals surface area contributed by atoms with Crippen molar-refractivity contribution < 1.29 is 0 Å². The molecule has 0 aliphatic rings. The van der Waals surface area contributed by atoms with Crippen LogP contribution in [0.15, 0.2) is 35.9 Å². The van der Waals surface area contributed by atoms with Gasteiger partial charge in [-0.1, -0.05) is 47.2 Å². The SMILES string of the molecule is CC(C)=CCSC(=S)Nc1ccc(Cl)cc1. The van der Waals surface area contributed by atoms with Gasteiger partial charge in [0.1, 0.15) is 4.32 Å². The molecule has 0 fully saturated rings. The maximum atomic E-state index is 5.79. The molecule has 0 atom stereocenters. The quantitative estimate of drug-likeness (QED) is 0.630. The molecule has 1 aromatic carbocycles. The number of hydrogen-bond acceptors (Lipinski definition) is 2. The summed E-state index contributed by atoms with van der Waals surface area (Å²) < 4.78 is 0.778. The first-order valence-electron chi connectivity index (χ1n) is 4.90. The van der Waals surface area contributed by atoms with E-state index in [1.807, 2.05) is 24.3 Å². The summed E-state index contributed by atoms with van der Waals surface area (Å²) in [7, 11) is 0. The third-order valence-electron chi connectivity index (χ3n) is 1.80. The molecule has 0 radical (unpaired) electrons. The molecule has 86 valence electrons. The number of hydrogen-bond donors (Lipinski definition) is 1. The monoisotopic (exact) mass is 271 g/mol. The summed E-state index contributed by atoms with van der Waals surface area (Å²) in [6.07, 6.45) is 2.15. The van der Waals surface area contributed by atoms with E-state index in [1.165, 1.54) is 5.57 Å². The largest absolute Gasteiger partial charge is 0.341 e. The molecular weight excluding hydrogens is 258 g/mol. The topological polar surface area (TPSA) is 12.0 Å². The van der Waals surface area contributed by atoms with Gasteiger partial charge in [-0.3, -0.25) is 0 Å². The molecule has 0 bridgehead atoms. The van der Waals surface area contributed by atoms with Crippen molar-refractivity contribution in [3.63, 3.8) is 0 Å². The van der Waals surface area contributed by atoms with E-state index in [-0.39, 0.29) is 0 Å². The van der Waals surface area contributed by atoms with Gasteiger partial charge < -0.3 is 5.32 Å². The van der Waals surface area contributed by atoms with Crippen LogP contribution >= 0.6 is 35.6 Å². The Bertz CT molecular complexity index is 381. The maximum Gasteiger partial charge on any atom is 0.138 e. The van der Waals surface area contributed by atoms with Crippen LogP contribution in [0, 0.1) is 0 Å². The second-order valence-electron chi connectivity index (χ2n) is 3.51. The average Bonchev–Trinajstić information content (AvgIpc) is 2.21. The summed E-state index contributed by atoms with van der Waals surface area (Å²) in [4.78, 5) is 0.